The molecule has 0 saturated carbocycles. The molecule has 0 bridgehead atoms. The highest BCUT2D eigenvalue weighted by Gasteiger charge is 2.35. The summed E-state index contributed by atoms with van der Waals surface area (Å²) in [5, 5.41) is 19.1. The lowest BCUT2D eigenvalue weighted by Crippen LogP contribution is -2.48. The predicted molar refractivity (Wildman–Crippen MR) is 58.1 cm³/mol. The van der Waals surface area contributed by atoms with Gasteiger partial charge in [-0.2, -0.15) is 0 Å². The fourth-order valence-electron chi connectivity index (χ4n) is 1.66. The topological polar surface area (TPSA) is 85.2 Å². The van der Waals surface area contributed by atoms with Crippen LogP contribution in [0, 0.1) is 0 Å². The van der Waals surface area contributed by atoms with E-state index in [1.54, 1.807) is 13.8 Å². The third kappa shape index (κ3) is 4.23. The van der Waals surface area contributed by atoms with Crippen molar-refractivity contribution >= 4 is 5.97 Å². The molecule has 1 aliphatic rings. The average Bonchev–Trinajstić information content (AvgIpc) is 2.25. The first-order valence-electron chi connectivity index (χ1n) is 5.68. The first-order chi connectivity index (χ1) is 7.93. The molecule has 1 heterocycles. The maximum atomic E-state index is 11.0. The molecule has 17 heavy (non-hydrogen) atoms. The summed E-state index contributed by atoms with van der Waals surface area (Å²) < 4.78 is 15.2. The van der Waals surface area contributed by atoms with E-state index in [-0.39, 0.29) is 18.8 Å². The van der Waals surface area contributed by atoms with E-state index >= 15 is 0 Å². The summed E-state index contributed by atoms with van der Waals surface area (Å²) in [4.78, 5) is 11.0. The van der Waals surface area contributed by atoms with E-state index in [0.29, 0.717) is 0 Å². The van der Waals surface area contributed by atoms with Gasteiger partial charge in [-0.3, -0.25) is 4.79 Å². The van der Waals surface area contributed by atoms with Gasteiger partial charge in [-0.15, -0.1) is 0 Å². The number of hydrogen-bond acceptors (Lipinski definition) is 6. The molecule has 100 valence electrons. The standard InChI is InChI=1S/C11H20O6/c1-6(4-10(14)15-3)16-11-9(13)5-8(12)7(2)17-11/h6-9,11-13H,4-5H2,1-3H3/t6-,7?,8-,9?,11+/m1/s1. The summed E-state index contributed by atoms with van der Waals surface area (Å²) in [6.45, 7) is 3.40. The van der Waals surface area contributed by atoms with Crippen LogP contribution in [0.5, 0.6) is 0 Å². The molecule has 0 aromatic carbocycles. The summed E-state index contributed by atoms with van der Waals surface area (Å²) in [6, 6.07) is 0. The Morgan fingerprint density at radius 2 is 2.12 bits per heavy atom. The fourth-order valence-corrected chi connectivity index (χ4v) is 1.66. The van der Waals surface area contributed by atoms with Crippen molar-refractivity contribution in [3.05, 3.63) is 0 Å². The van der Waals surface area contributed by atoms with Crippen LogP contribution in [0.4, 0.5) is 0 Å². The van der Waals surface area contributed by atoms with E-state index in [1.807, 2.05) is 0 Å². The molecule has 1 rings (SSSR count). The molecule has 1 fully saturated rings. The number of aliphatic hydroxyl groups excluding tert-OH is 2. The lowest BCUT2D eigenvalue weighted by molar-refractivity contribution is -0.273. The number of methoxy groups -OCH3 is 1. The Morgan fingerprint density at radius 3 is 2.71 bits per heavy atom. The predicted octanol–water partition coefficient (Wildman–Crippen LogP) is -0.189. The summed E-state index contributed by atoms with van der Waals surface area (Å²) in [6.07, 6.45) is -2.90. The van der Waals surface area contributed by atoms with Crippen molar-refractivity contribution < 1.29 is 29.2 Å². The summed E-state index contributed by atoms with van der Waals surface area (Å²) in [5.41, 5.74) is 0. The highest BCUT2D eigenvalue weighted by molar-refractivity contribution is 5.69. The van der Waals surface area contributed by atoms with Gasteiger partial charge in [0.1, 0.15) is 6.10 Å². The van der Waals surface area contributed by atoms with Crippen LogP contribution in [-0.4, -0.2) is 54.0 Å². The Balaban J connectivity index is 2.42. The first-order valence-corrected chi connectivity index (χ1v) is 5.68. The van der Waals surface area contributed by atoms with Gasteiger partial charge in [0.05, 0.1) is 31.8 Å². The van der Waals surface area contributed by atoms with E-state index in [0.717, 1.165) is 0 Å². The molecular formula is C11H20O6. The van der Waals surface area contributed by atoms with E-state index in [4.69, 9.17) is 9.47 Å². The molecule has 0 spiro atoms. The number of aliphatic hydroxyl groups is 2. The summed E-state index contributed by atoms with van der Waals surface area (Å²) >= 11 is 0. The molecule has 0 aliphatic carbocycles. The largest absolute Gasteiger partial charge is 0.469 e. The second-order valence-corrected chi connectivity index (χ2v) is 4.31. The van der Waals surface area contributed by atoms with E-state index < -0.39 is 30.7 Å². The highest BCUT2D eigenvalue weighted by Crippen LogP contribution is 2.22. The minimum Gasteiger partial charge on any atom is -0.469 e. The van der Waals surface area contributed by atoms with Crippen LogP contribution in [-0.2, 0) is 19.0 Å². The monoisotopic (exact) mass is 248 g/mol. The van der Waals surface area contributed by atoms with Crippen LogP contribution in [0.15, 0.2) is 0 Å². The Morgan fingerprint density at radius 1 is 1.47 bits per heavy atom. The molecule has 0 amide bonds. The molecule has 1 saturated heterocycles. The van der Waals surface area contributed by atoms with Gasteiger partial charge in [0.2, 0.25) is 0 Å². The average molecular weight is 248 g/mol. The number of carbonyl (C=O) groups is 1. The van der Waals surface area contributed by atoms with Crippen molar-refractivity contribution in [3.8, 4) is 0 Å². The smallest absolute Gasteiger partial charge is 0.308 e. The third-order valence-electron chi connectivity index (χ3n) is 2.74. The fraction of sp³-hybridized carbons (Fsp3) is 0.909. The van der Waals surface area contributed by atoms with Gasteiger partial charge in [-0.25, -0.2) is 0 Å². The molecule has 0 aromatic heterocycles. The maximum absolute atomic E-state index is 11.0. The Labute approximate surface area is 100 Å². The van der Waals surface area contributed by atoms with Crippen LogP contribution in [0.25, 0.3) is 0 Å². The van der Waals surface area contributed by atoms with Crippen LogP contribution >= 0.6 is 0 Å². The summed E-state index contributed by atoms with van der Waals surface area (Å²) in [7, 11) is 1.31. The lowest BCUT2D eigenvalue weighted by Gasteiger charge is -2.36. The first kappa shape index (κ1) is 14.4. The van der Waals surface area contributed by atoms with Crippen molar-refractivity contribution in [2.45, 2.75) is 57.4 Å². The molecule has 6 heteroatoms. The minimum absolute atomic E-state index is 0.0972. The van der Waals surface area contributed by atoms with Gasteiger partial charge in [0.15, 0.2) is 6.29 Å². The molecular weight excluding hydrogens is 228 g/mol. The second kappa shape index (κ2) is 6.30. The highest BCUT2D eigenvalue weighted by atomic mass is 16.7. The van der Waals surface area contributed by atoms with E-state index in [9.17, 15) is 15.0 Å². The molecule has 6 nitrogen and oxygen atoms in total. The zero-order valence-corrected chi connectivity index (χ0v) is 10.3. The number of ether oxygens (including phenoxy) is 3. The summed E-state index contributed by atoms with van der Waals surface area (Å²) in [5.74, 6) is -0.379. The van der Waals surface area contributed by atoms with Crippen LogP contribution in [0.2, 0.25) is 0 Å². The lowest BCUT2D eigenvalue weighted by atomic mass is 10.0. The van der Waals surface area contributed by atoms with Crippen LogP contribution in [0.1, 0.15) is 26.7 Å². The van der Waals surface area contributed by atoms with Crippen molar-refractivity contribution in [2.24, 2.45) is 0 Å². The quantitative estimate of drug-likeness (QED) is 0.671. The van der Waals surface area contributed by atoms with Gasteiger partial charge in [-0.05, 0) is 13.8 Å². The Kier molecular flexibility index (Phi) is 5.32. The van der Waals surface area contributed by atoms with Crippen LogP contribution < -0.4 is 0 Å². The number of esters is 1. The zero-order valence-electron chi connectivity index (χ0n) is 10.3. The van der Waals surface area contributed by atoms with Crippen molar-refractivity contribution in [2.75, 3.05) is 7.11 Å². The van der Waals surface area contributed by atoms with Gasteiger partial charge in [-0.1, -0.05) is 0 Å². The number of hydrogen-bond donors (Lipinski definition) is 2. The van der Waals surface area contributed by atoms with Crippen molar-refractivity contribution in [1.82, 2.24) is 0 Å². The molecule has 0 aromatic rings. The third-order valence-corrected chi connectivity index (χ3v) is 2.74. The van der Waals surface area contributed by atoms with Crippen molar-refractivity contribution in [1.29, 1.82) is 0 Å². The van der Waals surface area contributed by atoms with E-state index in [1.165, 1.54) is 7.11 Å². The maximum Gasteiger partial charge on any atom is 0.308 e. The van der Waals surface area contributed by atoms with E-state index in [2.05, 4.69) is 4.74 Å². The molecule has 0 radical (unpaired) electrons. The molecule has 5 atom stereocenters. The normalized spacial score (nSPS) is 35.4. The minimum atomic E-state index is -0.888. The van der Waals surface area contributed by atoms with Gasteiger partial charge in [0, 0.05) is 6.42 Å². The molecule has 2 unspecified atom stereocenters. The molecule has 2 N–H and O–H groups in total. The number of rotatable bonds is 4. The Hall–Kier alpha value is -0.690. The Bertz CT molecular complexity index is 256. The zero-order chi connectivity index (χ0) is 13.0. The van der Waals surface area contributed by atoms with Gasteiger partial charge >= 0.3 is 5.97 Å². The van der Waals surface area contributed by atoms with Gasteiger partial charge in [0.25, 0.3) is 0 Å². The SMILES string of the molecule is COC(=O)C[C@@H](C)O[C@H]1OC(C)[C@H](O)CC1O. The second-order valence-electron chi connectivity index (χ2n) is 4.31. The van der Waals surface area contributed by atoms with Crippen LogP contribution in [0.3, 0.4) is 0 Å². The van der Waals surface area contributed by atoms with Gasteiger partial charge < -0.3 is 24.4 Å². The number of carbonyl (C=O) groups excluding carboxylic acids is 1. The van der Waals surface area contributed by atoms with Crippen molar-refractivity contribution in [3.63, 3.8) is 0 Å². The molecule has 1 aliphatic heterocycles.